The van der Waals surface area contributed by atoms with Crippen molar-refractivity contribution in [1.82, 2.24) is 20.5 Å². The Kier molecular flexibility index (Phi) is 7.61. The summed E-state index contributed by atoms with van der Waals surface area (Å²) >= 11 is 0. The monoisotopic (exact) mass is 428 g/mol. The average Bonchev–Trinajstić information content (AvgIpc) is 3.31. The molecule has 1 atom stereocenters. The number of guanidine groups is 1. The zero-order chi connectivity index (χ0) is 21.5. The van der Waals surface area contributed by atoms with Crippen molar-refractivity contribution < 1.29 is 9.53 Å². The van der Waals surface area contributed by atoms with Crippen LogP contribution in [0.25, 0.3) is 0 Å². The van der Waals surface area contributed by atoms with Gasteiger partial charge in [0.25, 0.3) is 0 Å². The molecule has 8 nitrogen and oxygen atoms in total. The van der Waals surface area contributed by atoms with Crippen LogP contribution in [0.15, 0.2) is 23.3 Å². The number of morpholine rings is 1. The van der Waals surface area contributed by atoms with Crippen molar-refractivity contribution in [2.24, 2.45) is 10.9 Å². The number of ether oxygens (including phenoxy) is 1. The Hall–Kier alpha value is -2.35. The quantitative estimate of drug-likeness (QED) is 0.549. The number of amides is 1. The standard InChI is InChI=1S/C23H36N6O2/c1-24-23(26-16-19-8-5-10-25-21(19)28-12-14-31-15-13-28)27-20-9-11-29(17-20)22(30)18-6-3-2-4-7-18/h5,8,10,18,20H,2-4,6-7,9,11-17H2,1H3,(H2,24,26,27). The number of rotatable bonds is 5. The highest BCUT2D eigenvalue weighted by Crippen LogP contribution is 2.26. The highest BCUT2D eigenvalue weighted by molar-refractivity contribution is 5.81. The molecule has 1 aromatic heterocycles. The molecule has 1 unspecified atom stereocenters. The van der Waals surface area contributed by atoms with Gasteiger partial charge in [-0.25, -0.2) is 4.98 Å². The third-order valence-corrected chi connectivity index (χ3v) is 6.64. The van der Waals surface area contributed by atoms with E-state index in [9.17, 15) is 4.79 Å². The Bertz CT molecular complexity index is 758. The molecule has 2 aliphatic heterocycles. The molecule has 2 N–H and O–H groups in total. The summed E-state index contributed by atoms with van der Waals surface area (Å²) in [7, 11) is 1.79. The summed E-state index contributed by atoms with van der Waals surface area (Å²) in [6, 6.07) is 4.33. The van der Waals surface area contributed by atoms with Crippen molar-refractivity contribution in [3.05, 3.63) is 23.9 Å². The van der Waals surface area contributed by atoms with E-state index in [-0.39, 0.29) is 12.0 Å². The zero-order valence-electron chi connectivity index (χ0n) is 18.7. The van der Waals surface area contributed by atoms with Gasteiger partial charge in [0.2, 0.25) is 5.91 Å². The molecule has 1 saturated carbocycles. The minimum Gasteiger partial charge on any atom is -0.378 e. The van der Waals surface area contributed by atoms with Gasteiger partial charge in [-0.05, 0) is 25.3 Å². The van der Waals surface area contributed by atoms with Crippen LogP contribution >= 0.6 is 0 Å². The summed E-state index contributed by atoms with van der Waals surface area (Å²) in [5.41, 5.74) is 1.15. The number of pyridine rings is 1. The van der Waals surface area contributed by atoms with Crippen molar-refractivity contribution in [3.63, 3.8) is 0 Å². The van der Waals surface area contributed by atoms with Crippen LogP contribution in [0.3, 0.4) is 0 Å². The van der Waals surface area contributed by atoms with E-state index in [1.807, 2.05) is 12.3 Å². The van der Waals surface area contributed by atoms with E-state index in [1.54, 1.807) is 7.05 Å². The molecule has 1 amide bonds. The molecule has 31 heavy (non-hydrogen) atoms. The summed E-state index contributed by atoms with van der Waals surface area (Å²) in [6.07, 6.45) is 8.61. The molecular weight excluding hydrogens is 392 g/mol. The largest absolute Gasteiger partial charge is 0.378 e. The number of likely N-dealkylation sites (tertiary alicyclic amines) is 1. The molecule has 3 fully saturated rings. The molecule has 8 heteroatoms. The first-order valence-corrected chi connectivity index (χ1v) is 11.8. The van der Waals surface area contributed by atoms with Gasteiger partial charge in [-0.2, -0.15) is 0 Å². The minimum absolute atomic E-state index is 0.242. The molecule has 1 aliphatic carbocycles. The van der Waals surface area contributed by atoms with Gasteiger partial charge < -0.3 is 25.2 Å². The Balaban J connectivity index is 1.28. The highest BCUT2D eigenvalue weighted by atomic mass is 16.5. The molecule has 2 saturated heterocycles. The SMILES string of the molecule is CN=C(NCc1cccnc1N1CCOCC1)NC1CCN(C(=O)C2CCCCC2)C1. The molecular formula is C23H36N6O2. The van der Waals surface area contributed by atoms with Gasteiger partial charge in [0.05, 0.1) is 13.2 Å². The van der Waals surface area contributed by atoms with Gasteiger partial charge in [-0.3, -0.25) is 9.79 Å². The van der Waals surface area contributed by atoms with Gasteiger partial charge in [-0.15, -0.1) is 0 Å². The van der Waals surface area contributed by atoms with Gasteiger partial charge in [0.15, 0.2) is 5.96 Å². The normalized spacial score (nSPS) is 23.1. The second-order valence-corrected chi connectivity index (χ2v) is 8.76. The molecule has 1 aromatic rings. The predicted molar refractivity (Wildman–Crippen MR) is 122 cm³/mol. The summed E-state index contributed by atoms with van der Waals surface area (Å²) in [5, 5.41) is 6.95. The second kappa shape index (κ2) is 10.8. The first kappa shape index (κ1) is 21.9. The number of nitrogens with zero attached hydrogens (tertiary/aromatic N) is 4. The van der Waals surface area contributed by atoms with Crippen LogP contribution in [0.5, 0.6) is 0 Å². The summed E-state index contributed by atoms with van der Waals surface area (Å²) in [6.45, 7) is 5.47. The van der Waals surface area contributed by atoms with Crippen LogP contribution in [0.4, 0.5) is 5.82 Å². The number of carbonyl (C=O) groups is 1. The summed E-state index contributed by atoms with van der Waals surface area (Å²) < 4.78 is 5.47. The minimum atomic E-state index is 0.242. The van der Waals surface area contributed by atoms with Crippen molar-refractivity contribution in [2.45, 2.75) is 51.1 Å². The van der Waals surface area contributed by atoms with Crippen LogP contribution in [0, 0.1) is 5.92 Å². The van der Waals surface area contributed by atoms with Crippen molar-refractivity contribution in [2.75, 3.05) is 51.3 Å². The Morgan fingerprint density at radius 3 is 2.77 bits per heavy atom. The van der Waals surface area contributed by atoms with Crippen LogP contribution < -0.4 is 15.5 Å². The molecule has 170 valence electrons. The predicted octanol–water partition coefficient (Wildman–Crippen LogP) is 1.76. The topological polar surface area (TPSA) is 82.1 Å². The maximum absolute atomic E-state index is 12.8. The average molecular weight is 429 g/mol. The number of carbonyl (C=O) groups excluding carboxylic acids is 1. The fraction of sp³-hybridized carbons (Fsp3) is 0.696. The van der Waals surface area contributed by atoms with Crippen LogP contribution in [0.1, 0.15) is 44.1 Å². The van der Waals surface area contributed by atoms with Gasteiger partial charge in [0.1, 0.15) is 5.82 Å². The van der Waals surface area contributed by atoms with Crippen LogP contribution in [-0.4, -0.2) is 74.2 Å². The van der Waals surface area contributed by atoms with E-state index in [2.05, 4.69) is 36.5 Å². The summed E-state index contributed by atoms with van der Waals surface area (Å²) in [4.78, 5) is 26.2. The zero-order valence-corrected chi connectivity index (χ0v) is 18.7. The Labute approximate surface area is 185 Å². The van der Waals surface area contributed by atoms with Gasteiger partial charge in [0, 0.05) is 63.5 Å². The lowest BCUT2D eigenvalue weighted by Gasteiger charge is -2.29. The van der Waals surface area contributed by atoms with Crippen molar-refractivity contribution >= 4 is 17.7 Å². The lowest BCUT2D eigenvalue weighted by Crippen LogP contribution is -2.45. The molecule has 4 rings (SSSR count). The molecule has 3 aliphatic rings. The highest BCUT2D eigenvalue weighted by Gasteiger charge is 2.31. The lowest BCUT2D eigenvalue weighted by atomic mass is 9.88. The van der Waals surface area contributed by atoms with Crippen LogP contribution in [0.2, 0.25) is 0 Å². The van der Waals surface area contributed by atoms with E-state index < -0.39 is 0 Å². The van der Waals surface area contributed by atoms with Crippen molar-refractivity contribution in [1.29, 1.82) is 0 Å². The van der Waals surface area contributed by atoms with E-state index >= 15 is 0 Å². The maximum atomic E-state index is 12.8. The number of hydrogen-bond donors (Lipinski definition) is 2. The fourth-order valence-corrected chi connectivity index (χ4v) is 4.88. The molecule has 0 radical (unpaired) electrons. The second-order valence-electron chi connectivity index (χ2n) is 8.76. The third kappa shape index (κ3) is 5.67. The molecule has 0 bridgehead atoms. The number of aliphatic imine (C=N–C) groups is 1. The first-order valence-electron chi connectivity index (χ1n) is 11.8. The number of aromatic nitrogens is 1. The first-order chi connectivity index (χ1) is 15.2. The van der Waals surface area contributed by atoms with E-state index in [1.165, 1.54) is 19.3 Å². The Morgan fingerprint density at radius 1 is 1.19 bits per heavy atom. The van der Waals surface area contributed by atoms with Crippen LogP contribution in [-0.2, 0) is 16.1 Å². The maximum Gasteiger partial charge on any atom is 0.225 e. The number of anilines is 1. The Morgan fingerprint density at radius 2 is 2.00 bits per heavy atom. The smallest absolute Gasteiger partial charge is 0.225 e. The molecule has 3 heterocycles. The van der Waals surface area contributed by atoms with E-state index in [0.717, 1.165) is 76.0 Å². The number of hydrogen-bond acceptors (Lipinski definition) is 5. The van der Waals surface area contributed by atoms with E-state index in [0.29, 0.717) is 12.5 Å². The lowest BCUT2D eigenvalue weighted by molar-refractivity contribution is -0.135. The van der Waals surface area contributed by atoms with Gasteiger partial charge >= 0.3 is 0 Å². The molecule has 0 aromatic carbocycles. The van der Waals surface area contributed by atoms with E-state index in [4.69, 9.17) is 4.74 Å². The molecule has 0 spiro atoms. The fourth-order valence-electron chi connectivity index (χ4n) is 4.88. The number of nitrogens with one attached hydrogen (secondary N) is 2. The third-order valence-electron chi connectivity index (χ3n) is 6.64. The van der Waals surface area contributed by atoms with Gasteiger partial charge in [-0.1, -0.05) is 25.3 Å². The summed E-state index contributed by atoms with van der Waals surface area (Å²) in [5.74, 6) is 2.39. The van der Waals surface area contributed by atoms with Crippen molar-refractivity contribution in [3.8, 4) is 0 Å².